The number of Topliss-reactive ketones (excluding diaryl/α,β-unsaturated/α-hetero) is 1. The largest absolute Gasteiger partial charge is 0.353 e. The van der Waals surface area contributed by atoms with E-state index in [1.807, 2.05) is 0 Å². The molecule has 54 valence electrons. The third kappa shape index (κ3) is 0.735. The highest BCUT2D eigenvalue weighted by Gasteiger charge is 2.38. The fourth-order valence-electron chi connectivity index (χ4n) is 1.77. The van der Waals surface area contributed by atoms with E-state index in [1.165, 1.54) is 0 Å². The Bertz CT molecular complexity index is 198. The third-order valence-corrected chi connectivity index (χ3v) is 2.23. The van der Waals surface area contributed by atoms with Crippen molar-refractivity contribution in [3.63, 3.8) is 0 Å². The molecule has 3 nitrogen and oxygen atoms in total. The van der Waals surface area contributed by atoms with Crippen LogP contribution in [-0.2, 0) is 9.59 Å². The summed E-state index contributed by atoms with van der Waals surface area (Å²) in [6.07, 6.45) is 1.91. The predicted molar refractivity (Wildman–Crippen MR) is 34.3 cm³/mol. The van der Waals surface area contributed by atoms with E-state index >= 15 is 0 Å². The molecule has 2 fully saturated rings. The number of rotatable bonds is 0. The summed E-state index contributed by atoms with van der Waals surface area (Å²) in [4.78, 5) is 21.8. The van der Waals surface area contributed by atoms with E-state index < -0.39 is 0 Å². The lowest BCUT2D eigenvalue weighted by Gasteiger charge is -2.13. The molecule has 0 unspecified atom stereocenters. The van der Waals surface area contributed by atoms with E-state index in [0.29, 0.717) is 12.8 Å². The van der Waals surface area contributed by atoms with Gasteiger partial charge in [-0.05, 0) is 6.42 Å². The zero-order valence-electron chi connectivity index (χ0n) is 5.59. The van der Waals surface area contributed by atoms with Gasteiger partial charge in [0.15, 0.2) is 0 Å². The van der Waals surface area contributed by atoms with Gasteiger partial charge in [0, 0.05) is 24.8 Å². The maximum absolute atomic E-state index is 10.9. The van der Waals surface area contributed by atoms with Crippen LogP contribution < -0.4 is 5.32 Å². The van der Waals surface area contributed by atoms with Crippen LogP contribution in [0.5, 0.6) is 0 Å². The third-order valence-electron chi connectivity index (χ3n) is 2.23. The van der Waals surface area contributed by atoms with Crippen LogP contribution in [0.3, 0.4) is 0 Å². The normalized spacial score (nSPS) is 38.0. The topological polar surface area (TPSA) is 46.2 Å². The highest BCUT2D eigenvalue weighted by molar-refractivity contribution is 5.92. The van der Waals surface area contributed by atoms with E-state index in [9.17, 15) is 9.59 Å². The Morgan fingerprint density at radius 1 is 1.30 bits per heavy atom. The smallest absolute Gasteiger partial charge is 0.223 e. The van der Waals surface area contributed by atoms with E-state index in [1.54, 1.807) is 0 Å². The van der Waals surface area contributed by atoms with Crippen molar-refractivity contribution < 1.29 is 9.59 Å². The molecule has 0 aromatic carbocycles. The molecule has 1 N–H and O–H groups in total. The van der Waals surface area contributed by atoms with Gasteiger partial charge in [-0.15, -0.1) is 0 Å². The van der Waals surface area contributed by atoms with E-state index in [2.05, 4.69) is 5.32 Å². The fourth-order valence-corrected chi connectivity index (χ4v) is 1.77. The van der Waals surface area contributed by atoms with Crippen LogP contribution in [0.25, 0.3) is 0 Å². The second-order valence-electron chi connectivity index (χ2n) is 3.09. The highest BCUT2D eigenvalue weighted by atomic mass is 16.2. The van der Waals surface area contributed by atoms with Crippen LogP contribution >= 0.6 is 0 Å². The van der Waals surface area contributed by atoms with Crippen LogP contribution in [0.1, 0.15) is 19.3 Å². The maximum atomic E-state index is 10.9. The lowest BCUT2D eigenvalue weighted by Crippen LogP contribution is -2.26. The van der Waals surface area contributed by atoms with Crippen LogP contribution in [0.15, 0.2) is 0 Å². The molecule has 0 aromatic rings. The molecule has 0 aromatic heterocycles. The molecular weight excluding hydrogens is 130 g/mol. The Morgan fingerprint density at radius 3 is 2.80 bits per heavy atom. The molecule has 1 heterocycles. The Balaban J connectivity index is 2.20. The van der Waals surface area contributed by atoms with Crippen molar-refractivity contribution in [1.29, 1.82) is 0 Å². The monoisotopic (exact) mass is 139 g/mol. The number of carbonyl (C=O) groups is 2. The maximum Gasteiger partial charge on any atom is 0.223 e. The summed E-state index contributed by atoms with van der Waals surface area (Å²) < 4.78 is 0. The number of hydrogen-bond donors (Lipinski definition) is 1. The van der Waals surface area contributed by atoms with Crippen molar-refractivity contribution in [3.8, 4) is 0 Å². The van der Waals surface area contributed by atoms with Crippen molar-refractivity contribution in [2.45, 2.75) is 25.3 Å². The predicted octanol–water partition coefficient (Wildman–Crippen LogP) is -0.146. The molecule has 1 amide bonds. The van der Waals surface area contributed by atoms with Crippen molar-refractivity contribution in [2.75, 3.05) is 0 Å². The molecule has 10 heavy (non-hydrogen) atoms. The number of carbonyl (C=O) groups excluding carboxylic acids is 2. The summed E-state index contributed by atoms with van der Waals surface area (Å²) in [6.45, 7) is 0. The second kappa shape index (κ2) is 1.81. The van der Waals surface area contributed by atoms with Crippen molar-refractivity contribution in [1.82, 2.24) is 5.32 Å². The van der Waals surface area contributed by atoms with E-state index in [4.69, 9.17) is 0 Å². The average Bonchev–Trinajstić information content (AvgIpc) is 2.07. The van der Waals surface area contributed by atoms with Crippen molar-refractivity contribution in [3.05, 3.63) is 0 Å². The standard InChI is InChI=1S/C7H9NO2/c9-6-2-4-1-5(3-6)8-7(4)10/h4-5H,1-3H2,(H,8,10)/t4-,5+/m0/s1. The van der Waals surface area contributed by atoms with Crippen molar-refractivity contribution in [2.24, 2.45) is 5.92 Å². The minimum atomic E-state index is 0.00579. The summed E-state index contributed by atoms with van der Waals surface area (Å²) in [7, 11) is 0. The Hall–Kier alpha value is -0.860. The van der Waals surface area contributed by atoms with Gasteiger partial charge in [0.2, 0.25) is 5.91 Å². The quantitative estimate of drug-likeness (QED) is 0.507. The van der Waals surface area contributed by atoms with Crippen molar-refractivity contribution >= 4 is 11.7 Å². The molecule has 0 spiro atoms. The summed E-state index contributed by atoms with van der Waals surface area (Å²) in [6, 6.07) is 0.166. The molecular formula is C7H9NO2. The first-order valence-corrected chi connectivity index (χ1v) is 3.58. The van der Waals surface area contributed by atoms with Gasteiger partial charge in [0.05, 0.1) is 0 Å². The number of nitrogens with one attached hydrogen (secondary N) is 1. The lowest BCUT2D eigenvalue weighted by atomic mass is 9.89. The van der Waals surface area contributed by atoms with Gasteiger partial charge in [0.25, 0.3) is 0 Å². The molecule has 0 radical (unpaired) electrons. The van der Waals surface area contributed by atoms with Gasteiger partial charge in [-0.2, -0.15) is 0 Å². The summed E-state index contributed by atoms with van der Waals surface area (Å²) in [5.41, 5.74) is 0. The first-order chi connectivity index (χ1) is 4.75. The highest BCUT2D eigenvalue weighted by Crippen LogP contribution is 2.27. The molecule has 2 bridgehead atoms. The van der Waals surface area contributed by atoms with Crippen LogP contribution in [0.4, 0.5) is 0 Å². The first kappa shape index (κ1) is 5.89. The van der Waals surface area contributed by atoms with Gasteiger partial charge in [-0.1, -0.05) is 0 Å². The van der Waals surface area contributed by atoms with Crippen LogP contribution in [-0.4, -0.2) is 17.7 Å². The first-order valence-electron chi connectivity index (χ1n) is 3.58. The zero-order valence-corrected chi connectivity index (χ0v) is 5.59. The van der Waals surface area contributed by atoms with E-state index in [-0.39, 0.29) is 23.7 Å². The Morgan fingerprint density at radius 2 is 2.10 bits per heavy atom. The second-order valence-corrected chi connectivity index (χ2v) is 3.09. The molecule has 3 heteroatoms. The lowest BCUT2D eigenvalue weighted by molar-refractivity contribution is -0.126. The SMILES string of the molecule is O=C1C[C@H]2C[C@@H](C1)C(=O)N2. The van der Waals surface area contributed by atoms with Gasteiger partial charge in [-0.3, -0.25) is 9.59 Å². The number of hydrogen-bond acceptors (Lipinski definition) is 2. The minimum Gasteiger partial charge on any atom is -0.353 e. The molecule has 1 aliphatic carbocycles. The Kier molecular flexibility index (Phi) is 1.07. The number of amides is 1. The average molecular weight is 139 g/mol. The van der Waals surface area contributed by atoms with Crippen LogP contribution in [0, 0.1) is 5.92 Å². The summed E-state index contributed by atoms with van der Waals surface area (Å²) >= 11 is 0. The molecule has 2 aliphatic rings. The zero-order chi connectivity index (χ0) is 7.14. The fraction of sp³-hybridized carbons (Fsp3) is 0.714. The number of ketones is 1. The van der Waals surface area contributed by atoms with Gasteiger partial charge in [-0.25, -0.2) is 0 Å². The summed E-state index contributed by atoms with van der Waals surface area (Å²) in [5, 5.41) is 2.79. The molecule has 1 aliphatic heterocycles. The van der Waals surface area contributed by atoms with Gasteiger partial charge < -0.3 is 5.32 Å². The van der Waals surface area contributed by atoms with Crippen LogP contribution in [0.2, 0.25) is 0 Å². The molecule has 1 saturated carbocycles. The Labute approximate surface area is 58.8 Å². The minimum absolute atomic E-state index is 0.00579. The number of fused-ring (bicyclic) bond motifs is 2. The van der Waals surface area contributed by atoms with Gasteiger partial charge >= 0.3 is 0 Å². The molecule has 1 saturated heterocycles. The summed E-state index contributed by atoms with van der Waals surface area (Å²) in [5.74, 6) is 0.321. The molecule has 2 atom stereocenters. The van der Waals surface area contributed by atoms with E-state index in [0.717, 1.165) is 6.42 Å². The van der Waals surface area contributed by atoms with Gasteiger partial charge in [0.1, 0.15) is 5.78 Å². The molecule has 2 rings (SSSR count).